The Labute approximate surface area is 121 Å². The number of nitrogens with zero attached hydrogens (tertiary/aromatic N) is 2. The fraction of sp³-hybridized carbons (Fsp3) is 0.562. The van der Waals surface area contributed by atoms with Gasteiger partial charge in [0, 0.05) is 38.4 Å². The Morgan fingerprint density at radius 1 is 1.35 bits per heavy atom. The summed E-state index contributed by atoms with van der Waals surface area (Å²) in [5, 5.41) is 3.56. The third-order valence-electron chi connectivity index (χ3n) is 4.13. The highest BCUT2D eigenvalue weighted by molar-refractivity contribution is 5.99. The number of carbonyl (C=O) groups is 1. The summed E-state index contributed by atoms with van der Waals surface area (Å²) in [5.74, 6) is 0.0501. The summed E-state index contributed by atoms with van der Waals surface area (Å²) in [6.45, 7) is 3.35. The molecule has 0 spiro atoms. The van der Waals surface area contributed by atoms with Gasteiger partial charge < -0.3 is 15.1 Å². The first-order valence-corrected chi connectivity index (χ1v) is 7.26. The van der Waals surface area contributed by atoms with E-state index in [1.54, 1.807) is 19.0 Å². The van der Waals surface area contributed by atoms with Crippen LogP contribution in [0.4, 0.5) is 5.69 Å². The van der Waals surface area contributed by atoms with Crippen LogP contribution in [0.5, 0.6) is 0 Å². The standard InChI is InChI=1S/C16H25N3O/c1-12-11-13(9-10-19(12)4)17-15-8-6-5-7-14(15)16(20)18(2)3/h5-8,12-13,17H,9-11H2,1-4H3. The van der Waals surface area contributed by atoms with Gasteiger partial charge in [0.15, 0.2) is 0 Å². The Morgan fingerprint density at radius 3 is 2.70 bits per heavy atom. The van der Waals surface area contributed by atoms with E-state index in [0.717, 1.165) is 30.6 Å². The molecule has 2 unspecified atom stereocenters. The van der Waals surface area contributed by atoms with Crippen LogP contribution in [0.3, 0.4) is 0 Å². The van der Waals surface area contributed by atoms with Crippen LogP contribution in [-0.4, -0.2) is 55.5 Å². The van der Waals surface area contributed by atoms with E-state index in [9.17, 15) is 4.79 Å². The molecule has 4 heteroatoms. The average molecular weight is 275 g/mol. The van der Waals surface area contributed by atoms with E-state index < -0.39 is 0 Å². The minimum absolute atomic E-state index is 0.0501. The summed E-state index contributed by atoms with van der Waals surface area (Å²) in [5.41, 5.74) is 1.71. The molecule has 1 N–H and O–H groups in total. The first kappa shape index (κ1) is 14.9. The van der Waals surface area contributed by atoms with Gasteiger partial charge in [0.2, 0.25) is 0 Å². The quantitative estimate of drug-likeness (QED) is 0.919. The number of amides is 1. The molecule has 1 fully saturated rings. The van der Waals surface area contributed by atoms with Crippen LogP contribution in [0.1, 0.15) is 30.1 Å². The Kier molecular flexibility index (Phi) is 4.65. The Bertz CT molecular complexity index is 473. The van der Waals surface area contributed by atoms with Crippen molar-refractivity contribution < 1.29 is 4.79 Å². The van der Waals surface area contributed by atoms with Crippen LogP contribution in [0.2, 0.25) is 0 Å². The van der Waals surface area contributed by atoms with Gasteiger partial charge in [0.25, 0.3) is 5.91 Å². The lowest BCUT2D eigenvalue weighted by atomic mass is 9.98. The van der Waals surface area contributed by atoms with Gasteiger partial charge >= 0.3 is 0 Å². The molecule has 0 aliphatic carbocycles. The molecule has 110 valence electrons. The van der Waals surface area contributed by atoms with Crippen LogP contribution < -0.4 is 5.32 Å². The number of para-hydroxylation sites is 1. The molecule has 2 rings (SSSR count). The number of nitrogens with one attached hydrogen (secondary N) is 1. The van der Waals surface area contributed by atoms with Gasteiger partial charge in [-0.3, -0.25) is 4.79 Å². The number of rotatable bonds is 3. The smallest absolute Gasteiger partial charge is 0.255 e. The molecule has 1 amide bonds. The van der Waals surface area contributed by atoms with Gasteiger partial charge in [0.05, 0.1) is 5.56 Å². The summed E-state index contributed by atoms with van der Waals surface area (Å²) in [6, 6.07) is 8.81. The van der Waals surface area contributed by atoms with Gasteiger partial charge in [-0.05, 0) is 38.9 Å². The minimum atomic E-state index is 0.0501. The number of hydrogen-bond donors (Lipinski definition) is 1. The third kappa shape index (κ3) is 3.31. The number of carbonyl (C=O) groups excluding carboxylic acids is 1. The summed E-state index contributed by atoms with van der Waals surface area (Å²) >= 11 is 0. The lowest BCUT2D eigenvalue weighted by Gasteiger charge is -2.36. The van der Waals surface area contributed by atoms with Crippen LogP contribution in [-0.2, 0) is 0 Å². The van der Waals surface area contributed by atoms with E-state index in [1.165, 1.54) is 0 Å². The molecular weight excluding hydrogens is 250 g/mol. The van der Waals surface area contributed by atoms with Crippen molar-refractivity contribution in [2.75, 3.05) is 33.0 Å². The molecular formula is C16H25N3O. The van der Waals surface area contributed by atoms with Crippen molar-refractivity contribution in [2.24, 2.45) is 0 Å². The van der Waals surface area contributed by atoms with E-state index in [0.29, 0.717) is 12.1 Å². The van der Waals surface area contributed by atoms with Crippen molar-refractivity contribution in [3.63, 3.8) is 0 Å². The zero-order valence-corrected chi connectivity index (χ0v) is 12.9. The fourth-order valence-corrected chi connectivity index (χ4v) is 2.68. The molecule has 4 nitrogen and oxygen atoms in total. The summed E-state index contributed by atoms with van der Waals surface area (Å²) in [6.07, 6.45) is 2.23. The molecule has 0 radical (unpaired) electrons. The Hall–Kier alpha value is -1.55. The predicted octanol–water partition coefficient (Wildman–Crippen LogP) is 2.28. The topological polar surface area (TPSA) is 35.6 Å². The van der Waals surface area contributed by atoms with E-state index in [-0.39, 0.29) is 5.91 Å². The van der Waals surface area contributed by atoms with Crippen molar-refractivity contribution in [1.29, 1.82) is 0 Å². The van der Waals surface area contributed by atoms with Gasteiger partial charge in [0.1, 0.15) is 0 Å². The summed E-state index contributed by atoms with van der Waals surface area (Å²) in [7, 11) is 5.75. The summed E-state index contributed by atoms with van der Waals surface area (Å²) in [4.78, 5) is 16.2. The second-order valence-corrected chi connectivity index (χ2v) is 5.94. The zero-order valence-electron chi connectivity index (χ0n) is 12.9. The van der Waals surface area contributed by atoms with Gasteiger partial charge in [-0.25, -0.2) is 0 Å². The van der Waals surface area contributed by atoms with Gasteiger partial charge in [-0.15, -0.1) is 0 Å². The van der Waals surface area contributed by atoms with E-state index in [2.05, 4.69) is 24.2 Å². The lowest BCUT2D eigenvalue weighted by Crippen LogP contribution is -2.42. The maximum absolute atomic E-state index is 12.2. The monoisotopic (exact) mass is 275 g/mol. The van der Waals surface area contributed by atoms with Crippen molar-refractivity contribution >= 4 is 11.6 Å². The predicted molar refractivity (Wildman–Crippen MR) is 83.2 cm³/mol. The maximum Gasteiger partial charge on any atom is 0.255 e. The summed E-state index contributed by atoms with van der Waals surface area (Å²) < 4.78 is 0. The maximum atomic E-state index is 12.2. The zero-order chi connectivity index (χ0) is 14.7. The van der Waals surface area contributed by atoms with E-state index in [4.69, 9.17) is 0 Å². The molecule has 1 saturated heterocycles. The van der Waals surface area contributed by atoms with Crippen molar-refractivity contribution in [3.8, 4) is 0 Å². The average Bonchev–Trinajstić information content (AvgIpc) is 2.42. The molecule has 0 aromatic heterocycles. The molecule has 0 saturated carbocycles. The third-order valence-corrected chi connectivity index (χ3v) is 4.13. The van der Waals surface area contributed by atoms with Crippen LogP contribution in [0, 0.1) is 0 Å². The number of likely N-dealkylation sites (tertiary alicyclic amines) is 1. The van der Waals surface area contributed by atoms with E-state index in [1.807, 2.05) is 24.3 Å². The van der Waals surface area contributed by atoms with Crippen molar-refractivity contribution in [2.45, 2.75) is 31.8 Å². The van der Waals surface area contributed by atoms with Crippen LogP contribution in [0.25, 0.3) is 0 Å². The number of piperidine rings is 1. The number of anilines is 1. The highest BCUT2D eigenvalue weighted by Gasteiger charge is 2.23. The number of benzene rings is 1. The highest BCUT2D eigenvalue weighted by Crippen LogP contribution is 2.23. The molecule has 1 aromatic rings. The van der Waals surface area contributed by atoms with Gasteiger partial charge in [-0.2, -0.15) is 0 Å². The van der Waals surface area contributed by atoms with Crippen molar-refractivity contribution in [3.05, 3.63) is 29.8 Å². The number of hydrogen-bond acceptors (Lipinski definition) is 3. The molecule has 1 heterocycles. The normalized spacial score (nSPS) is 23.4. The Morgan fingerprint density at radius 2 is 2.05 bits per heavy atom. The molecule has 0 bridgehead atoms. The first-order valence-electron chi connectivity index (χ1n) is 7.26. The molecule has 2 atom stereocenters. The molecule has 1 aromatic carbocycles. The lowest BCUT2D eigenvalue weighted by molar-refractivity contribution is 0.0828. The minimum Gasteiger partial charge on any atom is -0.382 e. The second-order valence-electron chi connectivity index (χ2n) is 5.94. The van der Waals surface area contributed by atoms with Gasteiger partial charge in [-0.1, -0.05) is 12.1 Å². The van der Waals surface area contributed by atoms with Crippen molar-refractivity contribution in [1.82, 2.24) is 9.80 Å². The van der Waals surface area contributed by atoms with E-state index >= 15 is 0 Å². The molecule has 1 aliphatic heterocycles. The highest BCUT2D eigenvalue weighted by atomic mass is 16.2. The largest absolute Gasteiger partial charge is 0.382 e. The first-order chi connectivity index (χ1) is 9.49. The SMILES string of the molecule is CC1CC(Nc2ccccc2C(=O)N(C)C)CCN1C. The molecule has 1 aliphatic rings. The molecule has 20 heavy (non-hydrogen) atoms. The second kappa shape index (κ2) is 6.27. The van der Waals surface area contributed by atoms with Crippen LogP contribution in [0.15, 0.2) is 24.3 Å². The fourth-order valence-electron chi connectivity index (χ4n) is 2.68. The van der Waals surface area contributed by atoms with Crippen LogP contribution >= 0.6 is 0 Å². The Balaban J connectivity index is 2.12.